The fraction of sp³-hybridized carbons (Fsp3) is 0.294. The van der Waals surface area contributed by atoms with Gasteiger partial charge in [0.2, 0.25) is 0 Å². The van der Waals surface area contributed by atoms with Gasteiger partial charge in [-0.1, -0.05) is 17.7 Å². The molecule has 0 fully saturated rings. The van der Waals surface area contributed by atoms with Gasteiger partial charge >= 0.3 is 11.9 Å². The molecule has 28 heavy (non-hydrogen) atoms. The number of fused-ring (bicyclic) bond motifs is 1. The third-order valence-electron chi connectivity index (χ3n) is 4.65. The summed E-state index contributed by atoms with van der Waals surface area (Å²) in [6, 6.07) is 5.61. The Morgan fingerprint density at radius 3 is 2.18 bits per heavy atom. The van der Waals surface area contributed by atoms with Crippen LogP contribution in [0.25, 0.3) is 0 Å². The third-order valence-corrected chi connectivity index (χ3v) is 4.65. The summed E-state index contributed by atoms with van der Waals surface area (Å²) < 4.78 is 43.5. The highest BCUT2D eigenvalue weighted by Gasteiger charge is 2.68. The van der Waals surface area contributed by atoms with Crippen LogP contribution in [0.1, 0.15) is 21.5 Å². The van der Waals surface area contributed by atoms with Crippen LogP contribution in [0, 0.1) is 6.92 Å². The Balaban J connectivity index is 2.27. The number of alkyl halides is 3. The molecule has 1 atom stereocenters. The van der Waals surface area contributed by atoms with E-state index in [2.05, 4.69) is 0 Å². The fourth-order valence-electron chi connectivity index (χ4n) is 3.05. The first-order valence-corrected chi connectivity index (χ1v) is 7.99. The Bertz CT molecular complexity index is 1120. The van der Waals surface area contributed by atoms with Gasteiger partial charge in [-0.25, -0.2) is 4.79 Å². The monoisotopic (exact) mass is 396 g/mol. The van der Waals surface area contributed by atoms with Crippen LogP contribution < -0.4 is 21.9 Å². The van der Waals surface area contributed by atoms with Crippen molar-refractivity contribution >= 4 is 17.6 Å². The SMILES string of the molecule is Cc1ccc(C(=O)N[C@@]2(C(F)(F)F)C(=O)Nc3c2c(=O)n(C)c(=O)n3C)cc1. The second-order valence-electron chi connectivity index (χ2n) is 6.45. The summed E-state index contributed by atoms with van der Waals surface area (Å²) in [6.45, 7) is 1.73. The van der Waals surface area contributed by atoms with E-state index < -0.39 is 46.2 Å². The van der Waals surface area contributed by atoms with Gasteiger partial charge in [0, 0.05) is 19.7 Å². The molecule has 11 heteroatoms. The summed E-state index contributed by atoms with van der Waals surface area (Å²) in [7, 11) is 2.09. The predicted octanol–water partition coefficient (Wildman–Crippen LogP) is 0.532. The minimum Gasteiger partial charge on any atom is -0.326 e. The molecule has 0 radical (unpaired) electrons. The zero-order valence-electron chi connectivity index (χ0n) is 15.0. The van der Waals surface area contributed by atoms with E-state index >= 15 is 0 Å². The summed E-state index contributed by atoms with van der Waals surface area (Å²) >= 11 is 0. The number of amides is 2. The first-order valence-electron chi connectivity index (χ1n) is 7.99. The largest absolute Gasteiger partial charge is 0.425 e. The quantitative estimate of drug-likeness (QED) is 0.773. The van der Waals surface area contributed by atoms with Gasteiger partial charge in [-0.05, 0) is 19.1 Å². The third kappa shape index (κ3) is 2.53. The minimum atomic E-state index is -5.35. The van der Waals surface area contributed by atoms with Crippen molar-refractivity contribution < 1.29 is 22.8 Å². The summed E-state index contributed by atoms with van der Waals surface area (Å²) in [6.07, 6.45) is -5.35. The first-order chi connectivity index (χ1) is 12.9. The highest BCUT2D eigenvalue weighted by molar-refractivity contribution is 6.09. The van der Waals surface area contributed by atoms with Crippen molar-refractivity contribution in [1.82, 2.24) is 14.5 Å². The molecule has 2 amide bonds. The molecule has 1 aromatic heterocycles. The van der Waals surface area contributed by atoms with Gasteiger partial charge in [-0.2, -0.15) is 13.2 Å². The predicted molar refractivity (Wildman–Crippen MR) is 91.9 cm³/mol. The molecule has 1 aromatic carbocycles. The van der Waals surface area contributed by atoms with Gasteiger partial charge in [-0.3, -0.25) is 23.5 Å². The van der Waals surface area contributed by atoms with Crippen molar-refractivity contribution in [3.63, 3.8) is 0 Å². The van der Waals surface area contributed by atoms with E-state index in [4.69, 9.17) is 0 Å². The minimum absolute atomic E-state index is 0.128. The Hall–Kier alpha value is -3.37. The normalized spacial score (nSPS) is 18.6. The second kappa shape index (κ2) is 6.08. The maximum atomic E-state index is 14.1. The number of aromatic nitrogens is 2. The van der Waals surface area contributed by atoms with Crippen molar-refractivity contribution in [1.29, 1.82) is 0 Å². The molecule has 0 saturated carbocycles. The zero-order valence-corrected chi connectivity index (χ0v) is 15.0. The van der Waals surface area contributed by atoms with Crippen LogP contribution in [0.4, 0.5) is 19.0 Å². The zero-order chi connectivity index (χ0) is 21.0. The Kier molecular flexibility index (Phi) is 4.21. The lowest BCUT2D eigenvalue weighted by atomic mass is 9.91. The smallest absolute Gasteiger partial charge is 0.326 e. The molecule has 0 bridgehead atoms. The molecule has 3 rings (SSSR count). The molecule has 1 aliphatic heterocycles. The van der Waals surface area contributed by atoms with E-state index in [0.29, 0.717) is 9.13 Å². The molecule has 2 aromatic rings. The molecule has 2 heterocycles. The summed E-state index contributed by atoms with van der Waals surface area (Å²) in [5.41, 5.74) is -6.31. The molecular formula is C17H15F3N4O4. The number of hydrogen-bond donors (Lipinski definition) is 2. The van der Waals surface area contributed by atoms with Crippen molar-refractivity contribution in [3.8, 4) is 0 Å². The Morgan fingerprint density at radius 2 is 1.64 bits per heavy atom. The van der Waals surface area contributed by atoms with Crippen LogP contribution in [0.3, 0.4) is 0 Å². The maximum Gasteiger partial charge on any atom is 0.425 e. The molecule has 1 aliphatic rings. The molecule has 8 nitrogen and oxygen atoms in total. The molecule has 2 N–H and O–H groups in total. The lowest BCUT2D eigenvalue weighted by Gasteiger charge is -2.30. The topological polar surface area (TPSA) is 102 Å². The molecule has 0 saturated heterocycles. The number of halogens is 3. The molecule has 0 aliphatic carbocycles. The number of nitrogens with zero attached hydrogens (tertiary/aromatic N) is 2. The summed E-state index contributed by atoms with van der Waals surface area (Å²) in [5.74, 6) is -3.48. The highest BCUT2D eigenvalue weighted by Crippen LogP contribution is 2.44. The fourth-order valence-corrected chi connectivity index (χ4v) is 3.05. The van der Waals surface area contributed by atoms with Crippen molar-refractivity contribution in [3.05, 3.63) is 61.8 Å². The molecular weight excluding hydrogens is 381 g/mol. The van der Waals surface area contributed by atoms with Gasteiger partial charge in [0.15, 0.2) is 0 Å². The summed E-state index contributed by atoms with van der Waals surface area (Å²) in [5, 5.41) is 3.60. The van der Waals surface area contributed by atoms with Crippen LogP contribution in [-0.2, 0) is 24.4 Å². The van der Waals surface area contributed by atoms with E-state index in [1.165, 1.54) is 24.3 Å². The Labute approximate surface area is 155 Å². The van der Waals surface area contributed by atoms with Gasteiger partial charge in [-0.15, -0.1) is 0 Å². The number of hydrogen-bond acceptors (Lipinski definition) is 4. The van der Waals surface area contributed by atoms with Gasteiger partial charge in [0.1, 0.15) is 11.4 Å². The van der Waals surface area contributed by atoms with Crippen LogP contribution >= 0.6 is 0 Å². The van der Waals surface area contributed by atoms with E-state index in [1.807, 2.05) is 5.32 Å². The van der Waals surface area contributed by atoms with Gasteiger partial charge in [0.25, 0.3) is 22.9 Å². The number of aryl methyl sites for hydroxylation is 1. The number of benzene rings is 1. The van der Waals surface area contributed by atoms with Crippen molar-refractivity contribution in [2.45, 2.75) is 18.6 Å². The van der Waals surface area contributed by atoms with E-state index in [0.717, 1.165) is 19.7 Å². The lowest BCUT2D eigenvalue weighted by Crippen LogP contribution is -2.62. The standard InChI is InChI=1S/C17H15F3N4O4/c1-8-4-6-9(7-5-8)12(25)22-16(17(18,19)20)10-11(21-14(16)27)23(2)15(28)24(3)13(10)26/h4-7H,1-3H3,(H,21,27)(H,22,25)/t16-/m1/s1. The van der Waals surface area contributed by atoms with Crippen LogP contribution in [0.15, 0.2) is 33.9 Å². The van der Waals surface area contributed by atoms with Gasteiger partial charge < -0.3 is 10.6 Å². The molecule has 0 spiro atoms. The van der Waals surface area contributed by atoms with E-state index in [1.54, 1.807) is 12.2 Å². The van der Waals surface area contributed by atoms with Crippen LogP contribution in [-0.4, -0.2) is 27.1 Å². The number of carbonyl (C=O) groups excluding carboxylic acids is 2. The maximum absolute atomic E-state index is 14.1. The number of carbonyl (C=O) groups is 2. The molecule has 0 unspecified atom stereocenters. The van der Waals surface area contributed by atoms with Crippen LogP contribution in [0.5, 0.6) is 0 Å². The highest BCUT2D eigenvalue weighted by atomic mass is 19.4. The van der Waals surface area contributed by atoms with Gasteiger partial charge in [0.05, 0.1) is 0 Å². The van der Waals surface area contributed by atoms with Crippen molar-refractivity contribution in [2.75, 3.05) is 5.32 Å². The number of anilines is 1. The summed E-state index contributed by atoms with van der Waals surface area (Å²) in [4.78, 5) is 49.4. The lowest BCUT2D eigenvalue weighted by molar-refractivity contribution is -0.196. The van der Waals surface area contributed by atoms with E-state index in [9.17, 15) is 32.3 Å². The van der Waals surface area contributed by atoms with Crippen LogP contribution in [0.2, 0.25) is 0 Å². The average molecular weight is 396 g/mol. The second-order valence-corrected chi connectivity index (χ2v) is 6.45. The van der Waals surface area contributed by atoms with E-state index in [-0.39, 0.29) is 5.56 Å². The number of rotatable bonds is 2. The Morgan fingerprint density at radius 1 is 1.07 bits per heavy atom. The van der Waals surface area contributed by atoms with Crippen molar-refractivity contribution in [2.24, 2.45) is 14.1 Å². The first kappa shape index (κ1) is 19.4. The average Bonchev–Trinajstić information content (AvgIpc) is 2.92. The molecule has 148 valence electrons. The number of nitrogens with one attached hydrogen (secondary N) is 2.